The smallest absolute Gasteiger partial charge is 0.254 e. The van der Waals surface area contributed by atoms with Gasteiger partial charge < -0.3 is 24.0 Å². The van der Waals surface area contributed by atoms with Crippen molar-refractivity contribution in [3.05, 3.63) is 75.5 Å². The summed E-state index contributed by atoms with van der Waals surface area (Å²) in [5.41, 5.74) is 2.66. The number of para-hydroxylation sites is 1. The maximum Gasteiger partial charge on any atom is 0.254 e. The molecule has 7 nitrogen and oxygen atoms in total. The zero-order valence-corrected chi connectivity index (χ0v) is 20.7. The molecular weight excluding hydrogens is 464 g/mol. The second-order valence-electron chi connectivity index (χ2n) is 8.62. The number of amides is 2. The maximum absolute atomic E-state index is 13.5. The molecule has 0 N–H and O–H groups in total. The summed E-state index contributed by atoms with van der Waals surface area (Å²) in [4.78, 5) is 31.5. The molecule has 0 spiro atoms. The van der Waals surface area contributed by atoms with Gasteiger partial charge in [-0.2, -0.15) is 0 Å². The van der Waals surface area contributed by atoms with Crippen molar-refractivity contribution in [3.63, 3.8) is 0 Å². The molecule has 1 atom stereocenters. The van der Waals surface area contributed by atoms with E-state index in [9.17, 15) is 9.59 Å². The number of fused-ring (bicyclic) bond motifs is 2. The molecule has 8 heteroatoms. The number of benzene rings is 2. The van der Waals surface area contributed by atoms with Gasteiger partial charge in [0.1, 0.15) is 18.9 Å². The summed E-state index contributed by atoms with van der Waals surface area (Å²) in [5, 5.41) is 2.07. The molecule has 2 aliphatic rings. The summed E-state index contributed by atoms with van der Waals surface area (Å²) in [7, 11) is 0. The predicted octanol–water partition coefficient (Wildman–Crippen LogP) is 4.45. The highest BCUT2D eigenvalue weighted by Gasteiger charge is 2.33. The average Bonchev–Trinajstić information content (AvgIpc) is 3.55. The van der Waals surface area contributed by atoms with Crippen molar-refractivity contribution in [1.82, 2.24) is 9.80 Å². The highest BCUT2D eigenvalue weighted by Crippen LogP contribution is 2.35. The molecule has 3 heterocycles. The van der Waals surface area contributed by atoms with E-state index in [-0.39, 0.29) is 31.2 Å². The summed E-state index contributed by atoms with van der Waals surface area (Å²) in [5.74, 6) is 1.69. The van der Waals surface area contributed by atoms with Crippen LogP contribution in [-0.4, -0.2) is 54.6 Å². The Bertz CT molecular complexity index is 1240. The predicted molar refractivity (Wildman–Crippen MR) is 133 cm³/mol. The monoisotopic (exact) mass is 492 g/mol. The zero-order valence-electron chi connectivity index (χ0n) is 19.9. The quantitative estimate of drug-likeness (QED) is 0.487. The number of likely N-dealkylation sites (N-methyl/N-ethyl adjacent to an activating group) is 1. The van der Waals surface area contributed by atoms with E-state index in [0.717, 1.165) is 23.3 Å². The van der Waals surface area contributed by atoms with E-state index in [0.29, 0.717) is 36.8 Å². The van der Waals surface area contributed by atoms with Crippen LogP contribution in [0.15, 0.2) is 53.9 Å². The molecule has 0 saturated carbocycles. The van der Waals surface area contributed by atoms with Gasteiger partial charge in [-0.3, -0.25) is 9.59 Å². The van der Waals surface area contributed by atoms with Gasteiger partial charge in [-0.25, -0.2) is 0 Å². The van der Waals surface area contributed by atoms with Crippen LogP contribution < -0.4 is 14.2 Å². The van der Waals surface area contributed by atoms with Crippen molar-refractivity contribution in [2.45, 2.75) is 26.3 Å². The summed E-state index contributed by atoms with van der Waals surface area (Å²) < 4.78 is 16.9. The van der Waals surface area contributed by atoms with Crippen molar-refractivity contribution in [1.29, 1.82) is 0 Å². The number of nitrogens with zero attached hydrogens (tertiary/aromatic N) is 2. The van der Waals surface area contributed by atoms with Gasteiger partial charge in [-0.1, -0.05) is 18.2 Å². The van der Waals surface area contributed by atoms with E-state index < -0.39 is 0 Å². The van der Waals surface area contributed by atoms with Crippen molar-refractivity contribution in [3.8, 4) is 17.2 Å². The third kappa shape index (κ3) is 4.71. The van der Waals surface area contributed by atoms with Crippen LogP contribution in [0.1, 0.15) is 39.3 Å². The molecule has 1 aromatic heterocycles. The van der Waals surface area contributed by atoms with Gasteiger partial charge in [0.05, 0.1) is 6.04 Å². The molecule has 1 unspecified atom stereocenters. The third-order valence-electron chi connectivity index (χ3n) is 6.52. The Morgan fingerprint density at radius 2 is 1.97 bits per heavy atom. The Morgan fingerprint density at radius 3 is 2.80 bits per heavy atom. The van der Waals surface area contributed by atoms with Gasteiger partial charge >= 0.3 is 0 Å². The third-order valence-corrected chi connectivity index (χ3v) is 7.52. The first kappa shape index (κ1) is 23.2. The number of ether oxygens (including phenoxy) is 3. The zero-order chi connectivity index (χ0) is 24.4. The standard InChI is InChI=1S/C27H28N2O5S/c1-3-28(27(31)19-8-9-23-24(14-19)34-17-33-23)15-26(30)29-12-10-25-20(11-13-35-25)21(29)16-32-22-7-5-4-6-18(22)2/h4-9,11,13-14,21H,3,10,12,15-17H2,1-2H3. The maximum atomic E-state index is 13.5. The Balaban J connectivity index is 1.32. The fourth-order valence-electron chi connectivity index (χ4n) is 4.56. The summed E-state index contributed by atoms with van der Waals surface area (Å²) in [6.07, 6.45) is 0.807. The number of thiophene rings is 1. The molecule has 2 aromatic carbocycles. The van der Waals surface area contributed by atoms with E-state index in [2.05, 4.69) is 11.4 Å². The molecular formula is C27H28N2O5S. The number of carbonyl (C=O) groups is 2. The Kier molecular flexibility index (Phi) is 6.63. The average molecular weight is 493 g/mol. The van der Waals surface area contributed by atoms with E-state index in [1.54, 1.807) is 34.4 Å². The molecule has 0 radical (unpaired) electrons. The number of hydrogen-bond acceptors (Lipinski definition) is 6. The van der Waals surface area contributed by atoms with Gasteiger partial charge in [0.2, 0.25) is 12.7 Å². The molecule has 3 aromatic rings. The second-order valence-corrected chi connectivity index (χ2v) is 9.62. The summed E-state index contributed by atoms with van der Waals surface area (Å²) in [6.45, 7) is 5.42. The fourth-order valence-corrected chi connectivity index (χ4v) is 5.48. The lowest BCUT2D eigenvalue weighted by Crippen LogP contribution is -2.47. The van der Waals surface area contributed by atoms with Gasteiger partial charge in [0.15, 0.2) is 11.5 Å². The molecule has 0 saturated heterocycles. The van der Waals surface area contributed by atoms with Crippen LogP contribution in [0.2, 0.25) is 0 Å². The molecule has 35 heavy (non-hydrogen) atoms. The minimum atomic E-state index is -0.208. The van der Waals surface area contributed by atoms with Crippen LogP contribution in [0, 0.1) is 6.92 Å². The normalized spacial score (nSPS) is 16.1. The fraction of sp³-hybridized carbons (Fsp3) is 0.333. The first-order valence-corrected chi connectivity index (χ1v) is 12.7. The van der Waals surface area contributed by atoms with Crippen LogP contribution in [-0.2, 0) is 11.2 Å². The molecule has 182 valence electrons. The van der Waals surface area contributed by atoms with Crippen LogP contribution in [0.5, 0.6) is 17.2 Å². The first-order chi connectivity index (χ1) is 17.0. The number of aryl methyl sites for hydroxylation is 1. The van der Waals surface area contributed by atoms with Crippen LogP contribution in [0.25, 0.3) is 0 Å². The van der Waals surface area contributed by atoms with E-state index in [1.165, 1.54) is 4.88 Å². The molecule has 2 aliphatic heterocycles. The second kappa shape index (κ2) is 10.00. The Hall–Kier alpha value is -3.52. The van der Waals surface area contributed by atoms with Gasteiger partial charge in [0.25, 0.3) is 5.91 Å². The molecule has 0 bridgehead atoms. The van der Waals surface area contributed by atoms with Crippen LogP contribution in [0.3, 0.4) is 0 Å². The van der Waals surface area contributed by atoms with Crippen LogP contribution >= 0.6 is 11.3 Å². The van der Waals surface area contributed by atoms with Crippen molar-refractivity contribution < 1.29 is 23.8 Å². The SMILES string of the molecule is CCN(CC(=O)N1CCc2sccc2C1COc1ccccc1C)C(=O)c1ccc2c(c1)OCO2. The van der Waals surface area contributed by atoms with E-state index >= 15 is 0 Å². The molecule has 2 amide bonds. The number of rotatable bonds is 7. The highest BCUT2D eigenvalue weighted by atomic mass is 32.1. The van der Waals surface area contributed by atoms with Crippen molar-refractivity contribution in [2.75, 3.05) is 33.0 Å². The lowest BCUT2D eigenvalue weighted by molar-refractivity contribution is -0.135. The topological polar surface area (TPSA) is 68.3 Å². The minimum Gasteiger partial charge on any atom is -0.491 e. The summed E-state index contributed by atoms with van der Waals surface area (Å²) in [6, 6.07) is 14.9. The molecule has 0 aliphatic carbocycles. The lowest BCUT2D eigenvalue weighted by Gasteiger charge is -2.37. The minimum absolute atomic E-state index is 0.00408. The summed E-state index contributed by atoms with van der Waals surface area (Å²) >= 11 is 1.72. The van der Waals surface area contributed by atoms with Gasteiger partial charge in [0, 0.05) is 23.5 Å². The Labute approximate surface area is 208 Å². The van der Waals surface area contributed by atoms with E-state index in [4.69, 9.17) is 14.2 Å². The first-order valence-electron chi connectivity index (χ1n) is 11.8. The lowest BCUT2D eigenvalue weighted by atomic mass is 10.00. The molecule has 0 fully saturated rings. The number of hydrogen-bond donors (Lipinski definition) is 0. The largest absolute Gasteiger partial charge is 0.491 e. The van der Waals surface area contributed by atoms with Crippen molar-refractivity contribution in [2.24, 2.45) is 0 Å². The Morgan fingerprint density at radius 1 is 1.14 bits per heavy atom. The van der Waals surface area contributed by atoms with Gasteiger partial charge in [-0.05, 0) is 67.1 Å². The van der Waals surface area contributed by atoms with Crippen LogP contribution in [0.4, 0.5) is 0 Å². The number of carbonyl (C=O) groups excluding carboxylic acids is 2. The molecule has 5 rings (SSSR count). The van der Waals surface area contributed by atoms with E-state index in [1.807, 2.05) is 43.0 Å². The highest BCUT2D eigenvalue weighted by molar-refractivity contribution is 7.10. The van der Waals surface area contributed by atoms with Gasteiger partial charge in [-0.15, -0.1) is 11.3 Å². The van der Waals surface area contributed by atoms with Crippen molar-refractivity contribution >= 4 is 23.2 Å².